The Labute approximate surface area is 390 Å². The standard InChI is InChI=1S/2C23H19F5N6O/c2*1-13-10-33(12-29-13)18-8-7-17(30-21(18)35-2)19-31-20-15(9-22(24,25)11-34(20)32-19)14-5-3-4-6-16(14)23(26,27)28/h2*3-8,10,12,15H,9,11H2,1-2H3/t2*15-/m10/s1. The summed E-state index contributed by atoms with van der Waals surface area (Å²) in [7, 11) is 2.85. The van der Waals surface area contributed by atoms with Gasteiger partial charge in [-0.25, -0.2) is 56.8 Å². The summed E-state index contributed by atoms with van der Waals surface area (Å²) in [6.45, 7) is 2.08. The summed E-state index contributed by atoms with van der Waals surface area (Å²) in [5, 5.41) is 8.35. The van der Waals surface area contributed by atoms with Gasteiger partial charge in [-0.15, -0.1) is 10.2 Å². The quantitative estimate of drug-likeness (QED) is 0.135. The number of methoxy groups -OCH3 is 2. The number of benzene rings is 2. The number of nitrogens with zero attached hydrogens (tertiary/aromatic N) is 12. The maximum atomic E-state index is 14.6. The van der Waals surface area contributed by atoms with E-state index in [-0.39, 0.29) is 57.6 Å². The number of halogens is 10. The minimum absolute atomic E-state index is 0.0128. The van der Waals surface area contributed by atoms with Crippen LogP contribution in [0.2, 0.25) is 0 Å². The zero-order chi connectivity index (χ0) is 49.9. The molecule has 0 aliphatic carbocycles. The van der Waals surface area contributed by atoms with Gasteiger partial charge in [-0.2, -0.15) is 26.3 Å². The molecule has 0 saturated heterocycles. The first-order valence-corrected chi connectivity index (χ1v) is 21.2. The van der Waals surface area contributed by atoms with Gasteiger partial charge in [0, 0.05) is 25.2 Å². The lowest BCUT2D eigenvalue weighted by atomic mass is 9.86. The van der Waals surface area contributed by atoms with E-state index in [0.29, 0.717) is 11.4 Å². The molecule has 364 valence electrons. The largest absolute Gasteiger partial charge is 0.479 e. The Bertz CT molecular complexity index is 3000. The SMILES string of the molecule is COc1nc(-c2nc3n(n2)CC(F)(F)C[C@@H]3c2ccccc2C(F)(F)F)ccc1-n1cnc(C)c1.COc1nc(-c2nc3n(n2)CC(F)(F)C[C@H]3c2ccccc2C(F)(F)F)ccc1-n1cnc(C)c1. The number of hydrogen-bond acceptors (Lipinski definition) is 10. The van der Waals surface area contributed by atoms with E-state index < -0.39 is 73.1 Å². The average molecular weight is 981 g/mol. The molecule has 0 N–H and O–H groups in total. The molecule has 2 aromatic carbocycles. The third-order valence-electron chi connectivity index (χ3n) is 11.6. The summed E-state index contributed by atoms with van der Waals surface area (Å²) < 4.78 is 156. The van der Waals surface area contributed by atoms with Gasteiger partial charge < -0.3 is 18.6 Å². The minimum atomic E-state index is -4.70. The van der Waals surface area contributed by atoms with Gasteiger partial charge in [0.2, 0.25) is 11.8 Å². The molecule has 0 spiro atoms. The fourth-order valence-corrected chi connectivity index (χ4v) is 8.55. The van der Waals surface area contributed by atoms with Gasteiger partial charge in [0.05, 0.1) is 61.2 Å². The highest BCUT2D eigenvalue weighted by Gasteiger charge is 2.47. The molecule has 2 aliphatic heterocycles. The second-order valence-electron chi connectivity index (χ2n) is 16.6. The molecule has 14 nitrogen and oxygen atoms in total. The first-order chi connectivity index (χ1) is 33.1. The van der Waals surface area contributed by atoms with Crippen molar-refractivity contribution in [3.8, 4) is 46.2 Å². The first-order valence-electron chi connectivity index (χ1n) is 21.2. The Morgan fingerprint density at radius 2 is 0.929 bits per heavy atom. The minimum Gasteiger partial charge on any atom is -0.479 e. The predicted octanol–water partition coefficient (Wildman–Crippen LogP) is 10.1. The predicted molar refractivity (Wildman–Crippen MR) is 229 cm³/mol. The molecule has 24 heteroatoms. The van der Waals surface area contributed by atoms with Gasteiger partial charge in [0.15, 0.2) is 11.6 Å². The van der Waals surface area contributed by atoms with Crippen LogP contribution in [0.1, 0.15) is 70.0 Å². The highest BCUT2D eigenvalue weighted by Crippen LogP contribution is 2.47. The highest BCUT2D eigenvalue weighted by atomic mass is 19.4. The second-order valence-corrected chi connectivity index (χ2v) is 16.6. The van der Waals surface area contributed by atoms with Crippen molar-refractivity contribution in [2.75, 3.05) is 14.2 Å². The van der Waals surface area contributed by atoms with Crippen molar-refractivity contribution in [2.45, 2.75) is 75.8 Å². The summed E-state index contributed by atoms with van der Waals surface area (Å²) >= 11 is 0. The average Bonchev–Trinajstić information content (AvgIpc) is 4.14. The van der Waals surface area contributed by atoms with Crippen LogP contribution in [-0.2, 0) is 25.4 Å². The molecule has 0 amide bonds. The molecule has 0 fully saturated rings. The van der Waals surface area contributed by atoms with Crippen molar-refractivity contribution in [3.63, 3.8) is 0 Å². The maximum absolute atomic E-state index is 14.6. The maximum Gasteiger partial charge on any atom is 0.416 e. The van der Waals surface area contributed by atoms with Crippen LogP contribution < -0.4 is 9.47 Å². The molecule has 10 rings (SSSR count). The molecular weight excluding hydrogens is 943 g/mol. The molecule has 8 heterocycles. The third kappa shape index (κ3) is 9.40. The van der Waals surface area contributed by atoms with Crippen LogP contribution >= 0.6 is 0 Å². The Kier molecular flexibility index (Phi) is 12.0. The Hall–Kier alpha value is -7.66. The molecule has 8 aromatic rings. The summed E-state index contributed by atoms with van der Waals surface area (Å²) in [4.78, 5) is 25.9. The number of fused-ring (bicyclic) bond motifs is 2. The number of rotatable bonds is 8. The number of aromatic nitrogens is 12. The lowest BCUT2D eigenvalue weighted by Gasteiger charge is -2.30. The summed E-state index contributed by atoms with van der Waals surface area (Å²) in [5.41, 5.74) is 0.722. The molecule has 0 unspecified atom stereocenters. The van der Waals surface area contributed by atoms with Crippen molar-refractivity contribution in [1.82, 2.24) is 58.6 Å². The normalized spacial score (nSPS) is 17.3. The Balaban J connectivity index is 0.000000174. The van der Waals surface area contributed by atoms with Gasteiger partial charge in [-0.05, 0) is 61.4 Å². The molecule has 0 bridgehead atoms. The topological polar surface area (TPSA) is 141 Å². The van der Waals surface area contributed by atoms with Crippen LogP contribution in [0.3, 0.4) is 0 Å². The Morgan fingerprint density at radius 3 is 1.27 bits per heavy atom. The zero-order valence-electron chi connectivity index (χ0n) is 37.2. The van der Waals surface area contributed by atoms with Crippen molar-refractivity contribution < 1.29 is 53.4 Å². The number of pyridine rings is 2. The van der Waals surface area contributed by atoms with E-state index in [1.807, 2.05) is 13.8 Å². The van der Waals surface area contributed by atoms with E-state index in [0.717, 1.165) is 32.9 Å². The molecule has 2 aliphatic rings. The van der Waals surface area contributed by atoms with Gasteiger partial charge in [-0.3, -0.25) is 0 Å². The number of hydrogen-bond donors (Lipinski definition) is 0. The van der Waals surface area contributed by atoms with Crippen LogP contribution in [0.5, 0.6) is 11.8 Å². The lowest BCUT2D eigenvalue weighted by molar-refractivity contribution is -0.139. The van der Waals surface area contributed by atoms with Crippen molar-refractivity contribution >= 4 is 0 Å². The van der Waals surface area contributed by atoms with Gasteiger partial charge >= 0.3 is 12.4 Å². The zero-order valence-corrected chi connectivity index (χ0v) is 37.2. The third-order valence-corrected chi connectivity index (χ3v) is 11.6. The summed E-state index contributed by atoms with van der Waals surface area (Å²) in [6, 6.07) is 16.0. The van der Waals surface area contributed by atoms with Gasteiger partial charge in [0.25, 0.3) is 11.8 Å². The molecule has 6 aromatic heterocycles. The van der Waals surface area contributed by atoms with E-state index in [1.54, 1.807) is 58.4 Å². The molecule has 2 atom stereocenters. The van der Waals surface area contributed by atoms with E-state index in [4.69, 9.17) is 9.47 Å². The molecule has 70 heavy (non-hydrogen) atoms. The van der Waals surface area contributed by atoms with Crippen LogP contribution in [0.15, 0.2) is 97.8 Å². The second kappa shape index (κ2) is 17.7. The Morgan fingerprint density at radius 1 is 0.543 bits per heavy atom. The first kappa shape index (κ1) is 47.4. The monoisotopic (exact) mass is 980 g/mol. The van der Waals surface area contributed by atoms with E-state index in [9.17, 15) is 43.9 Å². The van der Waals surface area contributed by atoms with Crippen molar-refractivity contribution in [2.24, 2.45) is 0 Å². The smallest absolute Gasteiger partial charge is 0.416 e. The van der Waals surface area contributed by atoms with Gasteiger partial charge in [-0.1, -0.05) is 36.4 Å². The molecule has 0 radical (unpaired) electrons. The molecular formula is C46H38F10N12O2. The number of alkyl halides is 10. The number of ether oxygens (including phenoxy) is 2. The van der Waals surface area contributed by atoms with Crippen LogP contribution in [-0.4, -0.2) is 84.7 Å². The van der Waals surface area contributed by atoms with E-state index in [1.165, 1.54) is 50.6 Å². The van der Waals surface area contributed by atoms with Crippen LogP contribution in [0.25, 0.3) is 34.4 Å². The molecule has 0 saturated carbocycles. The fraction of sp³-hybridized carbons (Fsp3) is 0.304. The number of aryl methyl sites for hydroxylation is 2. The van der Waals surface area contributed by atoms with Crippen LogP contribution in [0.4, 0.5) is 43.9 Å². The van der Waals surface area contributed by atoms with E-state index >= 15 is 0 Å². The fourth-order valence-electron chi connectivity index (χ4n) is 8.55. The van der Waals surface area contributed by atoms with Crippen molar-refractivity contribution in [1.29, 1.82) is 0 Å². The highest BCUT2D eigenvalue weighted by molar-refractivity contribution is 5.57. The van der Waals surface area contributed by atoms with Gasteiger partial charge in [0.1, 0.15) is 47.5 Å². The van der Waals surface area contributed by atoms with Crippen LogP contribution in [0, 0.1) is 13.8 Å². The lowest BCUT2D eigenvalue weighted by Crippen LogP contribution is -2.35. The van der Waals surface area contributed by atoms with Crippen molar-refractivity contribution in [3.05, 3.63) is 143 Å². The number of imidazole rings is 2. The summed E-state index contributed by atoms with van der Waals surface area (Å²) in [6.07, 6.45) is -4.29. The summed E-state index contributed by atoms with van der Waals surface area (Å²) in [5.74, 6) is -8.62. The van der Waals surface area contributed by atoms with E-state index in [2.05, 4.69) is 40.1 Å².